The molecule has 0 bridgehead atoms. The molecule has 16 heavy (non-hydrogen) atoms. The predicted octanol–water partition coefficient (Wildman–Crippen LogP) is 1.84. The number of anilines is 1. The highest BCUT2D eigenvalue weighted by Gasteiger charge is 2.10. The Labute approximate surface area is 101 Å². The highest BCUT2D eigenvalue weighted by molar-refractivity contribution is 9.10. The molecule has 0 aliphatic heterocycles. The van der Waals surface area contributed by atoms with Crippen molar-refractivity contribution in [1.82, 2.24) is 14.4 Å². The fourth-order valence-electron chi connectivity index (χ4n) is 1.46. The van der Waals surface area contributed by atoms with Crippen LogP contribution in [-0.4, -0.2) is 28.0 Å². The summed E-state index contributed by atoms with van der Waals surface area (Å²) in [6.07, 6.45) is 5.91. The minimum atomic E-state index is 0.470. The largest absolute Gasteiger partial charge is 0.356 e. The smallest absolute Gasteiger partial charge is 0.180 e. The van der Waals surface area contributed by atoms with Crippen molar-refractivity contribution in [3.63, 3.8) is 0 Å². The van der Waals surface area contributed by atoms with E-state index in [0.29, 0.717) is 13.0 Å². The Hall–Kier alpha value is -1.61. The van der Waals surface area contributed by atoms with E-state index in [9.17, 15) is 0 Å². The van der Waals surface area contributed by atoms with Gasteiger partial charge in [-0.25, -0.2) is 9.97 Å². The van der Waals surface area contributed by atoms with Gasteiger partial charge in [0.1, 0.15) is 4.60 Å². The molecule has 0 N–H and O–H groups in total. The van der Waals surface area contributed by atoms with E-state index in [1.807, 2.05) is 28.7 Å². The number of halogens is 1. The standard InChI is InChI=1S/C10H10BrN5/c1-15(5-2-3-12)10-9-13-4-6-16(9)7-8(11)14-10/h4,6-7H,2,5H2,1H3. The van der Waals surface area contributed by atoms with Crippen molar-refractivity contribution in [1.29, 1.82) is 5.26 Å². The molecule has 0 amide bonds. The van der Waals surface area contributed by atoms with E-state index in [1.165, 1.54) is 0 Å². The van der Waals surface area contributed by atoms with Crippen LogP contribution in [0.15, 0.2) is 23.2 Å². The Morgan fingerprint density at radius 2 is 2.44 bits per heavy atom. The summed E-state index contributed by atoms with van der Waals surface area (Å²) in [4.78, 5) is 10.5. The first-order valence-corrected chi connectivity index (χ1v) is 5.59. The molecule has 0 spiro atoms. The molecule has 2 aromatic heterocycles. The van der Waals surface area contributed by atoms with Gasteiger partial charge in [0.2, 0.25) is 0 Å². The molecular formula is C10H10BrN5. The quantitative estimate of drug-likeness (QED) is 0.860. The van der Waals surface area contributed by atoms with Gasteiger partial charge in [-0.2, -0.15) is 5.26 Å². The Morgan fingerprint density at radius 3 is 3.19 bits per heavy atom. The van der Waals surface area contributed by atoms with Crippen LogP contribution in [0.1, 0.15) is 6.42 Å². The number of rotatable bonds is 3. The van der Waals surface area contributed by atoms with Gasteiger partial charge in [0.25, 0.3) is 0 Å². The molecule has 0 aliphatic rings. The van der Waals surface area contributed by atoms with Gasteiger partial charge in [-0.3, -0.25) is 0 Å². The molecule has 2 heterocycles. The van der Waals surface area contributed by atoms with Crippen LogP contribution in [0.3, 0.4) is 0 Å². The number of fused-ring (bicyclic) bond motifs is 1. The molecule has 0 unspecified atom stereocenters. The van der Waals surface area contributed by atoms with Crippen LogP contribution in [-0.2, 0) is 0 Å². The number of aromatic nitrogens is 3. The first-order chi connectivity index (χ1) is 7.72. The number of nitrogens with zero attached hydrogens (tertiary/aromatic N) is 5. The zero-order valence-corrected chi connectivity index (χ0v) is 10.3. The van der Waals surface area contributed by atoms with Crippen LogP contribution in [0.2, 0.25) is 0 Å². The first-order valence-electron chi connectivity index (χ1n) is 4.79. The summed E-state index contributed by atoms with van der Waals surface area (Å²) in [5, 5.41) is 8.56. The van der Waals surface area contributed by atoms with Gasteiger partial charge in [0.05, 0.1) is 12.5 Å². The van der Waals surface area contributed by atoms with Crippen molar-refractivity contribution in [3.8, 4) is 6.07 Å². The third-order valence-electron chi connectivity index (χ3n) is 2.25. The maximum Gasteiger partial charge on any atom is 0.180 e. The van der Waals surface area contributed by atoms with Crippen molar-refractivity contribution < 1.29 is 0 Å². The molecule has 6 heteroatoms. The molecule has 0 aliphatic carbocycles. The van der Waals surface area contributed by atoms with E-state index in [1.54, 1.807) is 6.20 Å². The topological polar surface area (TPSA) is 57.2 Å². The highest BCUT2D eigenvalue weighted by Crippen LogP contribution is 2.19. The van der Waals surface area contributed by atoms with Gasteiger partial charge < -0.3 is 9.30 Å². The zero-order chi connectivity index (χ0) is 11.5. The summed E-state index contributed by atoms with van der Waals surface area (Å²) in [5.41, 5.74) is 0.795. The molecule has 2 rings (SSSR count). The number of imidazole rings is 1. The van der Waals surface area contributed by atoms with E-state index < -0.39 is 0 Å². The van der Waals surface area contributed by atoms with Crippen molar-refractivity contribution in [2.45, 2.75) is 6.42 Å². The average molecular weight is 280 g/mol. The van der Waals surface area contributed by atoms with E-state index in [-0.39, 0.29) is 0 Å². The van der Waals surface area contributed by atoms with E-state index in [2.05, 4.69) is 32.0 Å². The van der Waals surface area contributed by atoms with Crippen molar-refractivity contribution in [2.24, 2.45) is 0 Å². The third-order valence-corrected chi connectivity index (χ3v) is 2.63. The molecule has 0 radical (unpaired) electrons. The molecule has 0 saturated heterocycles. The van der Waals surface area contributed by atoms with Gasteiger partial charge in [-0.15, -0.1) is 0 Å². The molecule has 0 fully saturated rings. The van der Waals surface area contributed by atoms with Gasteiger partial charge in [-0.05, 0) is 15.9 Å². The van der Waals surface area contributed by atoms with Crippen LogP contribution in [0.5, 0.6) is 0 Å². The second-order valence-electron chi connectivity index (χ2n) is 3.38. The van der Waals surface area contributed by atoms with Crippen LogP contribution in [0.4, 0.5) is 5.82 Å². The molecule has 0 aromatic carbocycles. The monoisotopic (exact) mass is 279 g/mol. The summed E-state index contributed by atoms with van der Waals surface area (Å²) >= 11 is 3.35. The molecular weight excluding hydrogens is 270 g/mol. The Balaban J connectivity index is 2.42. The Morgan fingerprint density at radius 1 is 1.62 bits per heavy atom. The lowest BCUT2D eigenvalue weighted by molar-refractivity contribution is 0.877. The van der Waals surface area contributed by atoms with Crippen LogP contribution >= 0.6 is 15.9 Å². The summed E-state index contributed by atoms with van der Waals surface area (Å²) in [5.74, 6) is 0.773. The first kappa shape index (κ1) is 10.9. The summed E-state index contributed by atoms with van der Waals surface area (Å²) in [6, 6.07) is 2.12. The van der Waals surface area contributed by atoms with Gasteiger partial charge >= 0.3 is 0 Å². The molecule has 2 aromatic rings. The number of hydrogen-bond donors (Lipinski definition) is 0. The minimum Gasteiger partial charge on any atom is -0.356 e. The molecule has 5 nitrogen and oxygen atoms in total. The third kappa shape index (κ3) is 1.99. The van der Waals surface area contributed by atoms with E-state index >= 15 is 0 Å². The average Bonchev–Trinajstić information content (AvgIpc) is 2.72. The number of nitriles is 1. The van der Waals surface area contributed by atoms with Crippen LogP contribution < -0.4 is 4.90 Å². The van der Waals surface area contributed by atoms with Gasteiger partial charge in [-0.1, -0.05) is 0 Å². The highest BCUT2D eigenvalue weighted by atomic mass is 79.9. The second-order valence-corrected chi connectivity index (χ2v) is 4.19. The van der Waals surface area contributed by atoms with E-state index in [4.69, 9.17) is 5.26 Å². The van der Waals surface area contributed by atoms with E-state index in [0.717, 1.165) is 16.1 Å². The maximum atomic E-state index is 8.56. The summed E-state index contributed by atoms with van der Waals surface area (Å²) in [7, 11) is 1.90. The number of hydrogen-bond acceptors (Lipinski definition) is 4. The van der Waals surface area contributed by atoms with Gasteiger partial charge in [0, 0.05) is 32.2 Å². The fraction of sp³-hybridized carbons (Fsp3) is 0.300. The summed E-state index contributed by atoms with van der Waals surface area (Å²) < 4.78 is 2.65. The molecule has 0 saturated carbocycles. The Bertz CT molecular complexity index is 542. The Kier molecular flexibility index (Phi) is 3.06. The predicted molar refractivity (Wildman–Crippen MR) is 64.2 cm³/mol. The lowest BCUT2D eigenvalue weighted by atomic mass is 10.4. The van der Waals surface area contributed by atoms with Crippen molar-refractivity contribution >= 4 is 27.4 Å². The normalized spacial score (nSPS) is 10.3. The van der Waals surface area contributed by atoms with Crippen LogP contribution in [0.25, 0.3) is 5.65 Å². The van der Waals surface area contributed by atoms with Crippen molar-refractivity contribution in [2.75, 3.05) is 18.5 Å². The molecule has 82 valence electrons. The fourth-order valence-corrected chi connectivity index (χ4v) is 1.85. The zero-order valence-electron chi connectivity index (χ0n) is 8.76. The second kappa shape index (κ2) is 4.49. The minimum absolute atomic E-state index is 0.470. The lowest BCUT2D eigenvalue weighted by Gasteiger charge is -2.17. The SMILES string of the molecule is CN(CCC#N)c1nc(Br)cn2ccnc12. The summed E-state index contributed by atoms with van der Waals surface area (Å²) in [6.45, 7) is 0.641. The van der Waals surface area contributed by atoms with Gasteiger partial charge in [0.15, 0.2) is 11.5 Å². The van der Waals surface area contributed by atoms with Crippen molar-refractivity contribution in [3.05, 3.63) is 23.2 Å². The lowest BCUT2D eigenvalue weighted by Crippen LogP contribution is -2.20. The molecule has 0 atom stereocenters. The maximum absolute atomic E-state index is 8.56. The van der Waals surface area contributed by atoms with Crippen LogP contribution in [0, 0.1) is 11.3 Å².